The number of benzene rings is 3. The predicted molar refractivity (Wildman–Crippen MR) is 111 cm³/mol. The monoisotopic (exact) mass is 488 g/mol. The smallest absolute Gasteiger partial charge is 0.0889 e. The standard InChI is InChI=1S/C19H12BBr3/c1-11-18(22)14(12-6-2-4-8-16(12)20)10-15(19(11)23)13-7-3-5-9-17(13)21/h2-10H,1H3. The van der Waals surface area contributed by atoms with E-state index < -0.39 is 0 Å². The van der Waals surface area contributed by atoms with E-state index in [4.69, 9.17) is 7.85 Å². The Hall–Kier alpha value is -0.835. The van der Waals surface area contributed by atoms with Gasteiger partial charge in [-0.2, -0.15) is 0 Å². The fraction of sp³-hybridized carbons (Fsp3) is 0.0526. The van der Waals surface area contributed by atoms with Crippen LogP contribution < -0.4 is 5.46 Å². The van der Waals surface area contributed by atoms with Crippen molar-refractivity contribution >= 4 is 61.1 Å². The lowest BCUT2D eigenvalue weighted by atomic mass is 9.86. The second kappa shape index (κ2) is 6.96. The third-order valence-corrected chi connectivity index (χ3v) is 6.57. The van der Waals surface area contributed by atoms with Crippen molar-refractivity contribution in [2.24, 2.45) is 0 Å². The fourth-order valence-electron chi connectivity index (χ4n) is 2.59. The zero-order valence-corrected chi connectivity index (χ0v) is 17.2. The van der Waals surface area contributed by atoms with E-state index in [0.717, 1.165) is 46.7 Å². The largest absolute Gasteiger partial charge is 0.114 e. The first-order valence-electron chi connectivity index (χ1n) is 7.09. The molecular weight excluding hydrogens is 479 g/mol. The van der Waals surface area contributed by atoms with Crippen LogP contribution in [0, 0.1) is 6.92 Å². The lowest BCUT2D eigenvalue weighted by molar-refractivity contribution is 1.39. The van der Waals surface area contributed by atoms with Crippen LogP contribution in [0.3, 0.4) is 0 Å². The first kappa shape index (κ1) is 17.0. The van der Waals surface area contributed by atoms with Crippen molar-refractivity contribution in [3.63, 3.8) is 0 Å². The van der Waals surface area contributed by atoms with Gasteiger partial charge in [0.25, 0.3) is 0 Å². The van der Waals surface area contributed by atoms with Crippen LogP contribution in [0.4, 0.5) is 0 Å². The number of halogens is 3. The van der Waals surface area contributed by atoms with Crippen molar-refractivity contribution < 1.29 is 0 Å². The summed E-state index contributed by atoms with van der Waals surface area (Å²) in [6.07, 6.45) is 0. The normalized spacial score (nSPS) is 10.8. The molecular formula is C19H12BBr3. The van der Waals surface area contributed by atoms with Crippen molar-refractivity contribution in [3.8, 4) is 22.3 Å². The molecule has 3 rings (SSSR count). The maximum absolute atomic E-state index is 6.19. The van der Waals surface area contributed by atoms with Gasteiger partial charge < -0.3 is 0 Å². The minimum atomic E-state index is 0.771. The molecule has 0 bridgehead atoms. The molecule has 0 aliphatic carbocycles. The zero-order chi connectivity index (χ0) is 16.6. The average molecular weight is 491 g/mol. The van der Waals surface area contributed by atoms with Crippen LogP contribution in [-0.4, -0.2) is 7.85 Å². The van der Waals surface area contributed by atoms with Gasteiger partial charge in [0.2, 0.25) is 0 Å². The Morgan fingerprint density at radius 1 is 0.696 bits per heavy atom. The van der Waals surface area contributed by atoms with Gasteiger partial charge in [-0.1, -0.05) is 63.9 Å². The molecule has 3 aromatic rings. The molecule has 0 unspecified atom stereocenters. The Morgan fingerprint density at radius 3 is 1.83 bits per heavy atom. The van der Waals surface area contributed by atoms with Crippen LogP contribution in [-0.2, 0) is 0 Å². The molecule has 0 nitrogen and oxygen atoms in total. The van der Waals surface area contributed by atoms with E-state index in [-0.39, 0.29) is 0 Å². The summed E-state index contributed by atoms with van der Waals surface area (Å²) in [7, 11) is 6.19. The second-order valence-electron chi connectivity index (χ2n) is 5.29. The summed E-state index contributed by atoms with van der Waals surface area (Å²) >= 11 is 11.1. The van der Waals surface area contributed by atoms with E-state index in [1.807, 2.05) is 36.4 Å². The predicted octanol–water partition coefficient (Wildman–Crippen LogP) is 6.41. The van der Waals surface area contributed by atoms with E-state index in [9.17, 15) is 0 Å². The molecule has 112 valence electrons. The minimum absolute atomic E-state index is 0.771. The van der Waals surface area contributed by atoms with Crippen LogP contribution in [0.15, 0.2) is 68.0 Å². The van der Waals surface area contributed by atoms with Crippen molar-refractivity contribution in [1.29, 1.82) is 0 Å². The summed E-state index contributed by atoms with van der Waals surface area (Å²) in [6, 6.07) is 18.3. The molecule has 0 spiro atoms. The molecule has 0 saturated carbocycles. The quantitative estimate of drug-likeness (QED) is 0.364. The molecule has 0 aliphatic heterocycles. The van der Waals surface area contributed by atoms with Gasteiger partial charge in [0.15, 0.2) is 0 Å². The molecule has 23 heavy (non-hydrogen) atoms. The molecule has 3 aromatic carbocycles. The maximum Gasteiger partial charge on any atom is 0.114 e. The van der Waals surface area contributed by atoms with Gasteiger partial charge in [0.05, 0.1) is 0 Å². The zero-order valence-electron chi connectivity index (χ0n) is 12.4. The molecule has 0 atom stereocenters. The van der Waals surface area contributed by atoms with E-state index >= 15 is 0 Å². The highest BCUT2D eigenvalue weighted by atomic mass is 79.9. The molecule has 0 saturated heterocycles. The van der Waals surface area contributed by atoms with Gasteiger partial charge in [-0.05, 0) is 78.7 Å². The van der Waals surface area contributed by atoms with Crippen molar-refractivity contribution in [2.45, 2.75) is 6.92 Å². The summed E-state index contributed by atoms with van der Waals surface area (Å²) < 4.78 is 3.20. The topological polar surface area (TPSA) is 0 Å². The fourth-order valence-corrected chi connectivity index (χ4v) is 4.40. The SMILES string of the molecule is [B]c1ccccc1-c1cc(-c2ccccc2Br)c(Br)c(C)c1Br. The van der Waals surface area contributed by atoms with E-state index in [1.54, 1.807) is 0 Å². The van der Waals surface area contributed by atoms with E-state index in [2.05, 4.69) is 72.9 Å². The Labute approximate surface area is 163 Å². The molecule has 4 heteroatoms. The summed E-state index contributed by atoms with van der Waals surface area (Å²) in [5.41, 5.74) is 6.32. The molecule has 0 aliphatic rings. The number of hydrogen-bond donors (Lipinski definition) is 0. The van der Waals surface area contributed by atoms with Gasteiger partial charge in [0.1, 0.15) is 7.85 Å². The lowest BCUT2D eigenvalue weighted by Crippen LogP contribution is -2.06. The summed E-state index contributed by atoms with van der Waals surface area (Å²) in [5, 5.41) is 0. The number of rotatable bonds is 2. The first-order valence-corrected chi connectivity index (χ1v) is 9.47. The van der Waals surface area contributed by atoms with Crippen molar-refractivity contribution in [1.82, 2.24) is 0 Å². The molecule has 2 radical (unpaired) electrons. The third-order valence-electron chi connectivity index (χ3n) is 3.84. The molecule has 0 fully saturated rings. The minimum Gasteiger partial charge on any atom is -0.0889 e. The van der Waals surface area contributed by atoms with Crippen molar-refractivity contribution in [2.75, 3.05) is 0 Å². The van der Waals surface area contributed by atoms with Crippen LogP contribution in [0.2, 0.25) is 0 Å². The van der Waals surface area contributed by atoms with E-state index in [0.29, 0.717) is 0 Å². The second-order valence-corrected chi connectivity index (χ2v) is 7.73. The van der Waals surface area contributed by atoms with Crippen molar-refractivity contribution in [3.05, 3.63) is 73.6 Å². The molecule has 0 heterocycles. The van der Waals surface area contributed by atoms with Gasteiger partial charge in [0, 0.05) is 13.4 Å². The summed E-state index contributed by atoms with van der Waals surface area (Å²) in [4.78, 5) is 0. The Bertz CT molecular complexity index is 818. The van der Waals surface area contributed by atoms with Gasteiger partial charge in [-0.25, -0.2) is 0 Å². The Kier molecular flexibility index (Phi) is 5.15. The summed E-state index contributed by atoms with van der Waals surface area (Å²) in [6.45, 7) is 2.09. The summed E-state index contributed by atoms with van der Waals surface area (Å²) in [5.74, 6) is 0. The lowest BCUT2D eigenvalue weighted by Gasteiger charge is -2.17. The average Bonchev–Trinajstić information content (AvgIpc) is 2.55. The highest BCUT2D eigenvalue weighted by Gasteiger charge is 2.16. The van der Waals surface area contributed by atoms with Gasteiger partial charge >= 0.3 is 0 Å². The Balaban J connectivity index is 2.32. The van der Waals surface area contributed by atoms with Crippen LogP contribution >= 0.6 is 47.8 Å². The maximum atomic E-state index is 6.19. The van der Waals surface area contributed by atoms with Gasteiger partial charge in [-0.15, -0.1) is 0 Å². The molecule has 0 amide bonds. The van der Waals surface area contributed by atoms with Gasteiger partial charge in [-0.3, -0.25) is 0 Å². The van der Waals surface area contributed by atoms with E-state index in [1.165, 1.54) is 0 Å². The van der Waals surface area contributed by atoms with Crippen LogP contribution in [0.25, 0.3) is 22.3 Å². The third kappa shape index (κ3) is 3.22. The Morgan fingerprint density at radius 2 is 1.22 bits per heavy atom. The highest BCUT2D eigenvalue weighted by Crippen LogP contribution is 2.42. The molecule has 0 N–H and O–H groups in total. The highest BCUT2D eigenvalue weighted by molar-refractivity contribution is 9.11. The van der Waals surface area contributed by atoms with Crippen LogP contribution in [0.5, 0.6) is 0 Å². The molecule has 0 aromatic heterocycles. The number of hydrogen-bond acceptors (Lipinski definition) is 0. The van der Waals surface area contributed by atoms with Crippen LogP contribution in [0.1, 0.15) is 5.56 Å². The first-order chi connectivity index (χ1) is 11.0.